The Morgan fingerprint density at radius 2 is 2.06 bits per heavy atom. The molecule has 0 aromatic heterocycles. The summed E-state index contributed by atoms with van der Waals surface area (Å²) in [7, 11) is 1.81. The fraction of sp³-hybridized carbons (Fsp3) is 1.00. The van der Waals surface area contributed by atoms with E-state index in [2.05, 4.69) is 18.7 Å². The number of hydrogen-bond donors (Lipinski definition) is 1. The SMILES string of the molecule is COCC(CN)(C1CC1)N1CCCC1C(C)C. The van der Waals surface area contributed by atoms with Gasteiger partial charge in [-0.2, -0.15) is 0 Å². The molecule has 2 unspecified atom stereocenters. The molecule has 1 aliphatic carbocycles. The highest BCUT2D eigenvalue weighted by molar-refractivity contribution is 5.07. The summed E-state index contributed by atoms with van der Waals surface area (Å²) in [5.41, 5.74) is 6.28. The number of nitrogens with two attached hydrogens (primary N) is 1. The van der Waals surface area contributed by atoms with Gasteiger partial charge in [-0.05, 0) is 44.1 Å². The molecule has 2 aliphatic rings. The number of likely N-dealkylation sites (tertiary alicyclic amines) is 1. The standard InChI is InChI=1S/C14H28N2O/c1-11(2)13-5-4-8-16(13)14(9-15,10-17-3)12-6-7-12/h11-13H,4-10,15H2,1-3H3. The van der Waals surface area contributed by atoms with Crippen LogP contribution in [0.5, 0.6) is 0 Å². The minimum atomic E-state index is 0.125. The second kappa shape index (κ2) is 5.25. The van der Waals surface area contributed by atoms with Gasteiger partial charge in [-0.1, -0.05) is 13.8 Å². The van der Waals surface area contributed by atoms with Gasteiger partial charge in [0.25, 0.3) is 0 Å². The average Bonchev–Trinajstić information content (AvgIpc) is 3.03. The summed E-state index contributed by atoms with van der Waals surface area (Å²) in [6.45, 7) is 7.43. The maximum absolute atomic E-state index is 6.16. The van der Waals surface area contributed by atoms with Gasteiger partial charge in [-0.3, -0.25) is 4.90 Å². The van der Waals surface area contributed by atoms with E-state index in [1.165, 1.54) is 32.2 Å². The van der Waals surface area contributed by atoms with Crippen molar-refractivity contribution in [2.75, 3.05) is 26.8 Å². The van der Waals surface area contributed by atoms with Crippen LogP contribution in [0.1, 0.15) is 39.5 Å². The van der Waals surface area contributed by atoms with Gasteiger partial charge >= 0.3 is 0 Å². The van der Waals surface area contributed by atoms with E-state index in [1.807, 2.05) is 7.11 Å². The van der Waals surface area contributed by atoms with Crippen LogP contribution in [0.4, 0.5) is 0 Å². The van der Waals surface area contributed by atoms with Crippen LogP contribution in [0.15, 0.2) is 0 Å². The largest absolute Gasteiger partial charge is 0.383 e. The molecular formula is C14H28N2O. The lowest BCUT2D eigenvalue weighted by Crippen LogP contribution is -2.61. The Labute approximate surface area is 106 Å². The molecule has 0 aromatic rings. The van der Waals surface area contributed by atoms with Crippen molar-refractivity contribution in [2.24, 2.45) is 17.6 Å². The summed E-state index contributed by atoms with van der Waals surface area (Å²) in [5.74, 6) is 1.49. The third-order valence-electron chi connectivity index (χ3n) is 4.73. The molecule has 0 amide bonds. The predicted octanol–water partition coefficient (Wildman–Crippen LogP) is 1.86. The van der Waals surface area contributed by atoms with Crippen LogP contribution in [0.25, 0.3) is 0 Å². The van der Waals surface area contributed by atoms with Gasteiger partial charge in [0, 0.05) is 19.7 Å². The van der Waals surface area contributed by atoms with Crippen LogP contribution in [0.2, 0.25) is 0 Å². The first-order valence-corrected chi connectivity index (χ1v) is 7.11. The maximum Gasteiger partial charge on any atom is 0.0661 e. The minimum absolute atomic E-state index is 0.125. The van der Waals surface area contributed by atoms with Crippen molar-refractivity contribution in [1.29, 1.82) is 0 Å². The molecule has 2 atom stereocenters. The third-order valence-corrected chi connectivity index (χ3v) is 4.73. The van der Waals surface area contributed by atoms with Crippen molar-refractivity contribution in [3.05, 3.63) is 0 Å². The van der Waals surface area contributed by atoms with E-state index in [-0.39, 0.29) is 5.54 Å². The lowest BCUT2D eigenvalue weighted by molar-refractivity contribution is -0.0183. The van der Waals surface area contributed by atoms with Gasteiger partial charge in [0.2, 0.25) is 0 Å². The Balaban J connectivity index is 2.19. The van der Waals surface area contributed by atoms with E-state index >= 15 is 0 Å². The second-order valence-electron chi connectivity index (χ2n) is 6.16. The summed E-state index contributed by atoms with van der Waals surface area (Å²) >= 11 is 0. The Bertz CT molecular complexity index is 253. The highest BCUT2D eigenvalue weighted by Crippen LogP contribution is 2.46. The summed E-state index contributed by atoms with van der Waals surface area (Å²) in [6.07, 6.45) is 5.32. The highest BCUT2D eigenvalue weighted by Gasteiger charge is 2.51. The van der Waals surface area contributed by atoms with Crippen molar-refractivity contribution < 1.29 is 4.74 Å². The van der Waals surface area contributed by atoms with E-state index in [1.54, 1.807) is 0 Å². The zero-order valence-electron chi connectivity index (χ0n) is 11.6. The second-order valence-corrected chi connectivity index (χ2v) is 6.16. The van der Waals surface area contributed by atoms with E-state index in [0.29, 0.717) is 6.04 Å². The maximum atomic E-state index is 6.16. The van der Waals surface area contributed by atoms with Gasteiger partial charge in [0.15, 0.2) is 0 Å². The van der Waals surface area contributed by atoms with Crippen LogP contribution in [-0.4, -0.2) is 43.3 Å². The van der Waals surface area contributed by atoms with Gasteiger partial charge in [-0.15, -0.1) is 0 Å². The molecule has 1 heterocycles. The van der Waals surface area contributed by atoms with Crippen molar-refractivity contribution in [3.8, 4) is 0 Å². The van der Waals surface area contributed by atoms with E-state index in [9.17, 15) is 0 Å². The number of rotatable bonds is 6. The molecule has 2 N–H and O–H groups in total. The minimum Gasteiger partial charge on any atom is -0.383 e. The molecule has 0 radical (unpaired) electrons. The topological polar surface area (TPSA) is 38.5 Å². The first-order chi connectivity index (χ1) is 8.15. The van der Waals surface area contributed by atoms with Crippen LogP contribution >= 0.6 is 0 Å². The molecule has 3 heteroatoms. The van der Waals surface area contributed by atoms with Gasteiger partial charge in [0.05, 0.1) is 12.1 Å². The number of hydrogen-bond acceptors (Lipinski definition) is 3. The van der Waals surface area contributed by atoms with Crippen LogP contribution in [0.3, 0.4) is 0 Å². The Morgan fingerprint density at radius 1 is 1.35 bits per heavy atom. The molecular weight excluding hydrogens is 212 g/mol. The van der Waals surface area contributed by atoms with Crippen molar-refractivity contribution >= 4 is 0 Å². The molecule has 0 spiro atoms. The van der Waals surface area contributed by atoms with Gasteiger partial charge in [-0.25, -0.2) is 0 Å². The fourth-order valence-electron chi connectivity index (χ4n) is 3.69. The monoisotopic (exact) mass is 240 g/mol. The lowest BCUT2D eigenvalue weighted by Gasteiger charge is -2.45. The van der Waals surface area contributed by atoms with Crippen molar-refractivity contribution in [1.82, 2.24) is 4.90 Å². The summed E-state index contributed by atoms with van der Waals surface area (Å²) < 4.78 is 5.52. The Hall–Kier alpha value is -0.120. The third kappa shape index (κ3) is 2.38. The van der Waals surface area contributed by atoms with E-state index in [0.717, 1.165) is 25.0 Å². The number of ether oxygens (including phenoxy) is 1. The molecule has 2 fully saturated rings. The van der Waals surface area contributed by atoms with Crippen molar-refractivity contribution in [3.63, 3.8) is 0 Å². The van der Waals surface area contributed by atoms with Crippen LogP contribution < -0.4 is 5.73 Å². The number of methoxy groups -OCH3 is 1. The molecule has 1 aliphatic heterocycles. The van der Waals surface area contributed by atoms with E-state index in [4.69, 9.17) is 10.5 Å². The first kappa shape index (κ1) is 13.3. The Morgan fingerprint density at radius 3 is 2.53 bits per heavy atom. The zero-order valence-corrected chi connectivity index (χ0v) is 11.6. The molecule has 1 saturated carbocycles. The normalized spacial score (nSPS) is 29.8. The molecule has 1 saturated heterocycles. The fourth-order valence-corrected chi connectivity index (χ4v) is 3.69. The molecule has 0 aromatic carbocycles. The summed E-state index contributed by atoms with van der Waals surface area (Å²) in [5, 5.41) is 0. The van der Waals surface area contributed by atoms with E-state index < -0.39 is 0 Å². The molecule has 2 rings (SSSR count). The molecule has 0 bridgehead atoms. The average molecular weight is 240 g/mol. The predicted molar refractivity (Wildman–Crippen MR) is 71.0 cm³/mol. The quantitative estimate of drug-likeness (QED) is 0.770. The van der Waals surface area contributed by atoms with Crippen LogP contribution in [-0.2, 0) is 4.74 Å². The lowest BCUT2D eigenvalue weighted by atomic mass is 9.88. The highest BCUT2D eigenvalue weighted by atomic mass is 16.5. The summed E-state index contributed by atoms with van der Waals surface area (Å²) in [4.78, 5) is 2.69. The first-order valence-electron chi connectivity index (χ1n) is 7.11. The van der Waals surface area contributed by atoms with Gasteiger partial charge < -0.3 is 10.5 Å². The molecule has 100 valence electrons. The smallest absolute Gasteiger partial charge is 0.0661 e. The molecule has 17 heavy (non-hydrogen) atoms. The summed E-state index contributed by atoms with van der Waals surface area (Å²) in [6, 6.07) is 0.703. The van der Waals surface area contributed by atoms with Crippen molar-refractivity contribution in [2.45, 2.75) is 51.1 Å². The number of nitrogens with zero attached hydrogens (tertiary/aromatic N) is 1. The van der Waals surface area contributed by atoms with Crippen LogP contribution in [0, 0.1) is 11.8 Å². The van der Waals surface area contributed by atoms with Gasteiger partial charge in [0.1, 0.15) is 0 Å². The zero-order chi connectivity index (χ0) is 12.5. The Kier molecular flexibility index (Phi) is 4.11. The molecule has 3 nitrogen and oxygen atoms in total.